The average Bonchev–Trinajstić information content (AvgIpc) is 2.63. The summed E-state index contributed by atoms with van der Waals surface area (Å²) in [6.07, 6.45) is 0. The lowest BCUT2D eigenvalue weighted by molar-refractivity contribution is 0.628. The van der Waals surface area contributed by atoms with Crippen LogP contribution < -0.4 is 10.9 Å². The Morgan fingerprint density at radius 2 is 1.64 bits per heavy atom. The highest BCUT2D eigenvalue weighted by Crippen LogP contribution is 2.23. The molecule has 2 aromatic carbocycles. The van der Waals surface area contributed by atoms with E-state index in [9.17, 15) is 9.18 Å². The molecule has 0 spiro atoms. The fourth-order valence-electron chi connectivity index (χ4n) is 2.99. The molecule has 7 heteroatoms. The minimum atomic E-state index is -0.350. The van der Waals surface area contributed by atoms with Crippen LogP contribution in [0.15, 0.2) is 47.3 Å². The van der Waals surface area contributed by atoms with Gasteiger partial charge in [0.05, 0.1) is 16.9 Å². The van der Waals surface area contributed by atoms with Crippen molar-refractivity contribution in [3.63, 3.8) is 0 Å². The molecule has 0 aliphatic carbocycles. The van der Waals surface area contributed by atoms with E-state index < -0.39 is 0 Å². The van der Waals surface area contributed by atoms with Crippen LogP contribution in [0.4, 0.5) is 16.3 Å². The zero-order valence-electron chi connectivity index (χ0n) is 15.7. The topological polar surface area (TPSA) is 83.6 Å². The molecule has 140 valence electrons. The third-order valence-corrected chi connectivity index (χ3v) is 4.61. The number of anilines is 2. The Balaban J connectivity index is 1.74. The van der Waals surface area contributed by atoms with E-state index in [1.165, 1.54) is 23.8 Å². The molecular formula is C21H18FN5O. The van der Waals surface area contributed by atoms with Crippen molar-refractivity contribution in [3.8, 4) is 11.3 Å². The summed E-state index contributed by atoms with van der Waals surface area (Å²) in [7, 11) is 0. The maximum absolute atomic E-state index is 13.2. The van der Waals surface area contributed by atoms with Crippen LogP contribution in [-0.2, 0) is 0 Å². The molecule has 0 aliphatic heterocycles. The first-order valence-electron chi connectivity index (χ1n) is 8.79. The lowest BCUT2D eigenvalue weighted by Crippen LogP contribution is -2.12. The molecule has 0 radical (unpaired) electrons. The molecule has 0 atom stereocenters. The van der Waals surface area contributed by atoms with Crippen LogP contribution in [0.25, 0.3) is 22.2 Å². The Morgan fingerprint density at radius 3 is 2.39 bits per heavy atom. The number of fused-ring (bicyclic) bond motifs is 1. The number of nitrogens with one attached hydrogen (secondary N) is 2. The quantitative estimate of drug-likeness (QED) is 0.561. The van der Waals surface area contributed by atoms with Gasteiger partial charge in [0.25, 0.3) is 5.56 Å². The summed E-state index contributed by atoms with van der Waals surface area (Å²) >= 11 is 0. The van der Waals surface area contributed by atoms with Crippen LogP contribution in [0.3, 0.4) is 0 Å². The van der Waals surface area contributed by atoms with Crippen molar-refractivity contribution in [3.05, 3.63) is 75.5 Å². The zero-order valence-corrected chi connectivity index (χ0v) is 15.7. The van der Waals surface area contributed by atoms with Crippen LogP contribution in [0.2, 0.25) is 0 Å². The lowest BCUT2D eigenvalue weighted by atomic mass is 10.1. The van der Waals surface area contributed by atoms with Crippen molar-refractivity contribution in [2.75, 3.05) is 5.32 Å². The Kier molecular flexibility index (Phi) is 4.35. The van der Waals surface area contributed by atoms with E-state index in [1.54, 1.807) is 12.1 Å². The second kappa shape index (κ2) is 6.84. The van der Waals surface area contributed by atoms with Crippen LogP contribution in [-0.4, -0.2) is 19.9 Å². The molecule has 0 saturated carbocycles. The fourth-order valence-corrected chi connectivity index (χ4v) is 2.99. The highest BCUT2D eigenvalue weighted by Gasteiger charge is 2.09. The molecule has 28 heavy (non-hydrogen) atoms. The van der Waals surface area contributed by atoms with E-state index in [0.29, 0.717) is 17.2 Å². The maximum atomic E-state index is 13.2. The van der Waals surface area contributed by atoms with Crippen LogP contribution in [0, 0.1) is 26.6 Å². The average molecular weight is 375 g/mol. The number of aromatic nitrogens is 4. The van der Waals surface area contributed by atoms with Gasteiger partial charge in [0, 0.05) is 17.0 Å². The minimum Gasteiger partial charge on any atom is -0.294 e. The van der Waals surface area contributed by atoms with Crippen molar-refractivity contribution in [1.29, 1.82) is 0 Å². The van der Waals surface area contributed by atoms with E-state index in [2.05, 4.69) is 38.2 Å². The smallest absolute Gasteiger partial charge is 0.252 e. The van der Waals surface area contributed by atoms with Gasteiger partial charge >= 0.3 is 0 Å². The molecular weight excluding hydrogens is 357 g/mol. The fraction of sp³-hybridized carbons (Fsp3) is 0.143. The van der Waals surface area contributed by atoms with Gasteiger partial charge in [0.1, 0.15) is 5.82 Å². The molecule has 0 fully saturated rings. The number of H-pyrrole nitrogens is 1. The number of halogens is 1. The van der Waals surface area contributed by atoms with Gasteiger partial charge in [0.2, 0.25) is 11.9 Å². The van der Waals surface area contributed by atoms with Gasteiger partial charge in [-0.05, 0) is 68.3 Å². The van der Waals surface area contributed by atoms with Crippen LogP contribution in [0.5, 0.6) is 0 Å². The first-order chi connectivity index (χ1) is 13.4. The van der Waals surface area contributed by atoms with Gasteiger partial charge in [0.15, 0.2) is 0 Å². The van der Waals surface area contributed by atoms with Crippen molar-refractivity contribution < 1.29 is 4.39 Å². The second-order valence-electron chi connectivity index (χ2n) is 6.70. The van der Waals surface area contributed by atoms with Gasteiger partial charge in [-0.2, -0.15) is 0 Å². The summed E-state index contributed by atoms with van der Waals surface area (Å²) < 4.78 is 13.2. The minimum absolute atomic E-state index is 0.217. The van der Waals surface area contributed by atoms with E-state index in [-0.39, 0.29) is 17.3 Å². The second-order valence-corrected chi connectivity index (χ2v) is 6.70. The Morgan fingerprint density at radius 1 is 0.929 bits per heavy atom. The number of nitrogens with zero attached hydrogens (tertiary/aromatic N) is 3. The van der Waals surface area contributed by atoms with Crippen molar-refractivity contribution >= 4 is 22.8 Å². The maximum Gasteiger partial charge on any atom is 0.252 e. The van der Waals surface area contributed by atoms with Crippen molar-refractivity contribution in [1.82, 2.24) is 19.9 Å². The third kappa shape index (κ3) is 3.46. The van der Waals surface area contributed by atoms with E-state index in [4.69, 9.17) is 0 Å². The summed E-state index contributed by atoms with van der Waals surface area (Å²) in [5.41, 5.74) is 4.69. The van der Waals surface area contributed by atoms with Crippen molar-refractivity contribution in [2.24, 2.45) is 0 Å². The third-order valence-electron chi connectivity index (χ3n) is 4.61. The molecule has 6 nitrogen and oxygen atoms in total. The highest BCUT2D eigenvalue weighted by molar-refractivity contribution is 5.83. The number of benzene rings is 2. The molecule has 2 heterocycles. The molecule has 4 aromatic rings. The number of hydrogen-bond acceptors (Lipinski definition) is 5. The Labute approximate surface area is 160 Å². The van der Waals surface area contributed by atoms with Gasteiger partial charge < -0.3 is 0 Å². The molecule has 0 unspecified atom stereocenters. The van der Waals surface area contributed by atoms with Crippen LogP contribution >= 0.6 is 0 Å². The first-order valence-corrected chi connectivity index (χ1v) is 8.79. The first kappa shape index (κ1) is 17.8. The SMILES string of the molecule is Cc1cc2nc(Nc3nc(-c4ccc(F)cc4)cc(=O)[nH]3)nc(C)c2cc1C. The van der Waals surface area contributed by atoms with Crippen molar-refractivity contribution in [2.45, 2.75) is 20.8 Å². The van der Waals surface area contributed by atoms with Gasteiger partial charge in [-0.3, -0.25) is 15.1 Å². The Bertz CT molecular complexity index is 1250. The van der Waals surface area contributed by atoms with E-state index in [1.807, 2.05) is 19.9 Å². The largest absolute Gasteiger partial charge is 0.294 e. The molecule has 2 N–H and O–H groups in total. The normalized spacial score (nSPS) is 11.0. The monoisotopic (exact) mass is 375 g/mol. The van der Waals surface area contributed by atoms with E-state index >= 15 is 0 Å². The molecule has 0 bridgehead atoms. The highest BCUT2D eigenvalue weighted by atomic mass is 19.1. The molecule has 0 aliphatic rings. The summed E-state index contributed by atoms with van der Waals surface area (Å²) in [5, 5.41) is 3.95. The standard InChI is InChI=1S/C21H18FN5O/c1-11-8-16-13(3)23-20(25-18(16)9-12(11)2)27-21-24-17(10-19(28)26-21)14-4-6-15(22)7-5-14/h4-10H,1-3H3,(H2,23,24,25,26,27,28). The zero-order chi connectivity index (χ0) is 19.8. The number of aryl methyl sites for hydroxylation is 3. The number of rotatable bonds is 3. The van der Waals surface area contributed by atoms with Gasteiger partial charge in [-0.1, -0.05) is 0 Å². The van der Waals surface area contributed by atoms with Gasteiger partial charge in [-0.25, -0.2) is 19.3 Å². The lowest BCUT2D eigenvalue weighted by Gasteiger charge is -2.10. The van der Waals surface area contributed by atoms with Gasteiger partial charge in [-0.15, -0.1) is 0 Å². The summed E-state index contributed by atoms with van der Waals surface area (Å²) in [6.45, 7) is 6.00. The summed E-state index contributed by atoms with van der Waals surface area (Å²) in [6, 6.07) is 11.2. The number of aromatic amines is 1. The predicted octanol–water partition coefficient (Wildman–Crippen LogP) is 4.19. The summed E-state index contributed by atoms with van der Waals surface area (Å²) in [5.74, 6) is 0.208. The van der Waals surface area contributed by atoms with Crippen LogP contribution in [0.1, 0.15) is 16.8 Å². The number of hydrogen-bond donors (Lipinski definition) is 2. The molecule has 2 aromatic heterocycles. The molecule has 0 saturated heterocycles. The molecule has 0 amide bonds. The Hall–Kier alpha value is -3.61. The summed E-state index contributed by atoms with van der Waals surface area (Å²) in [4.78, 5) is 28.1. The molecule has 4 rings (SSSR count). The predicted molar refractivity (Wildman–Crippen MR) is 107 cm³/mol. The van der Waals surface area contributed by atoms with E-state index in [0.717, 1.165) is 22.2 Å².